The van der Waals surface area contributed by atoms with E-state index in [4.69, 9.17) is 14.2 Å². The molecule has 6 heteroatoms. The number of benzene rings is 3. The molecule has 1 fully saturated rings. The van der Waals surface area contributed by atoms with Gasteiger partial charge in [-0.05, 0) is 99.0 Å². The molecule has 6 nitrogen and oxygen atoms in total. The van der Waals surface area contributed by atoms with Crippen molar-refractivity contribution in [3.05, 3.63) is 76.3 Å². The van der Waals surface area contributed by atoms with Gasteiger partial charge < -0.3 is 24.4 Å². The molecule has 1 aliphatic heterocycles. The Bertz CT molecular complexity index is 1370. The lowest BCUT2D eigenvalue weighted by molar-refractivity contribution is -0.138. The van der Waals surface area contributed by atoms with Crippen molar-refractivity contribution in [1.82, 2.24) is 0 Å². The van der Waals surface area contributed by atoms with Gasteiger partial charge in [0.1, 0.15) is 29.5 Å². The summed E-state index contributed by atoms with van der Waals surface area (Å²) >= 11 is 0. The van der Waals surface area contributed by atoms with Crippen molar-refractivity contribution >= 4 is 5.97 Å². The molecule has 2 aliphatic rings. The van der Waals surface area contributed by atoms with Crippen LogP contribution in [0.25, 0.3) is 11.1 Å². The predicted molar refractivity (Wildman–Crippen MR) is 151 cm³/mol. The molecule has 1 heterocycles. The summed E-state index contributed by atoms with van der Waals surface area (Å²) in [4.78, 5) is 11.4. The summed E-state index contributed by atoms with van der Waals surface area (Å²) in [6, 6.07) is 16.2. The maximum atomic E-state index is 11.4. The Morgan fingerprint density at radius 1 is 1.03 bits per heavy atom. The molecule has 0 saturated heterocycles. The maximum Gasteiger partial charge on any atom is 0.304 e. The van der Waals surface area contributed by atoms with Crippen molar-refractivity contribution in [2.45, 2.75) is 84.0 Å². The number of fused-ring (bicyclic) bond motifs is 1. The van der Waals surface area contributed by atoms with Crippen molar-refractivity contribution in [2.75, 3.05) is 6.61 Å². The quantitative estimate of drug-likeness (QED) is 0.297. The smallest absolute Gasteiger partial charge is 0.304 e. The second-order valence-electron chi connectivity index (χ2n) is 11.7. The molecule has 39 heavy (non-hydrogen) atoms. The molecule has 1 aliphatic carbocycles. The third-order valence-corrected chi connectivity index (χ3v) is 8.03. The first-order chi connectivity index (χ1) is 18.5. The van der Waals surface area contributed by atoms with Gasteiger partial charge in [-0.15, -0.1) is 0 Å². The lowest BCUT2D eigenvalue weighted by Gasteiger charge is -2.19. The molecule has 0 amide bonds. The van der Waals surface area contributed by atoms with Gasteiger partial charge in [0.25, 0.3) is 0 Å². The van der Waals surface area contributed by atoms with Crippen LogP contribution in [-0.2, 0) is 11.4 Å². The number of carbonyl (C=O) groups is 1. The molecule has 206 valence electrons. The minimum absolute atomic E-state index is 0.0893. The Kier molecular flexibility index (Phi) is 7.10. The Morgan fingerprint density at radius 3 is 2.38 bits per heavy atom. The molecule has 0 radical (unpaired) electrons. The summed E-state index contributed by atoms with van der Waals surface area (Å²) in [5, 5.41) is 19.3. The topological polar surface area (TPSA) is 85.2 Å². The highest BCUT2D eigenvalue weighted by atomic mass is 16.5. The van der Waals surface area contributed by atoms with Crippen LogP contribution in [0.1, 0.15) is 73.3 Å². The van der Waals surface area contributed by atoms with Crippen LogP contribution in [0.5, 0.6) is 17.2 Å². The third-order valence-electron chi connectivity index (χ3n) is 8.03. The summed E-state index contributed by atoms with van der Waals surface area (Å²) in [5.41, 5.74) is 6.77. The lowest BCUT2D eigenvalue weighted by Crippen LogP contribution is -2.22. The zero-order valence-electron chi connectivity index (χ0n) is 23.5. The second kappa shape index (κ2) is 10.2. The van der Waals surface area contributed by atoms with Crippen molar-refractivity contribution in [1.29, 1.82) is 0 Å². The number of hydrogen-bond donors (Lipinski definition) is 2. The van der Waals surface area contributed by atoms with Crippen LogP contribution in [0, 0.1) is 20.8 Å². The Morgan fingerprint density at radius 2 is 1.74 bits per heavy atom. The van der Waals surface area contributed by atoms with Gasteiger partial charge in [-0.2, -0.15) is 0 Å². The van der Waals surface area contributed by atoms with Crippen LogP contribution in [0.2, 0.25) is 0 Å². The molecule has 3 aromatic carbocycles. The number of rotatable bonds is 10. The molecule has 0 aromatic heterocycles. The first-order valence-corrected chi connectivity index (χ1v) is 13.7. The minimum Gasteiger partial charge on any atom is -0.493 e. The SMILES string of the molecule is Cc1cc(OCCC(C)(C)O)cc(C)c1-c1cccc(COc2ccc3c(c2)OC2(CC2)[C@@H]3CC(=O)O)c1C. The van der Waals surface area contributed by atoms with Gasteiger partial charge in [-0.3, -0.25) is 4.79 Å². The maximum absolute atomic E-state index is 11.4. The molecule has 0 bridgehead atoms. The zero-order chi connectivity index (χ0) is 27.9. The first-order valence-electron chi connectivity index (χ1n) is 13.7. The second-order valence-corrected chi connectivity index (χ2v) is 11.7. The highest BCUT2D eigenvalue weighted by Gasteiger charge is 2.57. The third kappa shape index (κ3) is 5.76. The van der Waals surface area contributed by atoms with E-state index >= 15 is 0 Å². The molecule has 0 unspecified atom stereocenters. The molecule has 5 rings (SSSR count). The summed E-state index contributed by atoms with van der Waals surface area (Å²) < 4.78 is 18.4. The largest absolute Gasteiger partial charge is 0.493 e. The lowest BCUT2D eigenvalue weighted by atomic mass is 9.90. The van der Waals surface area contributed by atoms with E-state index in [-0.39, 0.29) is 17.9 Å². The van der Waals surface area contributed by atoms with Gasteiger partial charge >= 0.3 is 5.97 Å². The number of hydrogen-bond acceptors (Lipinski definition) is 5. The fourth-order valence-electron chi connectivity index (χ4n) is 5.72. The van der Waals surface area contributed by atoms with Crippen LogP contribution < -0.4 is 14.2 Å². The average Bonchev–Trinajstić information content (AvgIpc) is 3.55. The fourth-order valence-corrected chi connectivity index (χ4v) is 5.72. The van der Waals surface area contributed by atoms with Crippen molar-refractivity contribution < 1.29 is 29.2 Å². The monoisotopic (exact) mass is 530 g/mol. The average molecular weight is 531 g/mol. The van der Waals surface area contributed by atoms with Gasteiger partial charge in [0.15, 0.2) is 0 Å². The van der Waals surface area contributed by atoms with Crippen LogP contribution in [-0.4, -0.2) is 34.0 Å². The standard InChI is InChI=1S/C33H38O6/c1-20-15-25(37-14-13-32(4,5)36)16-21(2)31(20)26-8-6-7-23(22(26)3)19-38-24-9-10-27-28(18-30(34)35)33(11-12-33)39-29(27)17-24/h6-10,15-17,28,36H,11-14,18-19H2,1-5H3,(H,34,35)/t28-/m1/s1. The van der Waals surface area contributed by atoms with Crippen molar-refractivity contribution in [3.8, 4) is 28.4 Å². The molecule has 1 atom stereocenters. The Labute approximate surface area is 230 Å². The molecule has 2 N–H and O–H groups in total. The van der Waals surface area contributed by atoms with E-state index < -0.39 is 11.6 Å². The normalized spacial score (nSPS) is 17.0. The summed E-state index contributed by atoms with van der Waals surface area (Å²) in [6.07, 6.45) is 2.45. The summed E-state index contributed by atoms with van der Waals surface area (Å²) in [6.45, 7) is 10.8. The Balaban J connectivity index is 1.31. The van der Waals surface area contributed by atoms with E-state index in [2.05, 4.69) is 51.1 Å². The van der Waals surface area contributed by atoms with E-state index in [1.165, 1.54) is 11.1 Å². The van der Waals surface area contributed by atoms with E-state index in [0.29, 0.717) is 25.4 Å². The predicted octanol–water partition coefficient (Wildman–Crippen LogP) is 6.88. The number of aliphatic hydroxyl groups is 1. The molecular formula is C33H38O6. The number of aryl methyl sites for hydroxylation is 2. The van der Waals surface area contributed by atoms with E-state index in [1.807, 2.05) is 18.2 Å². The van der Waals surface area contributed by atoms with Crippen LogP contribution in [0.4, 0.5) is 0 Å². The minimum atomic E-state index is -0.795. The highest BCUT2D eigenvalue weighted by Crippen LogP contribution is 2.59. The number of carboxylic acid groups (broad SMARTS) is 1. The van der Waals surface area contributed by atoms with Crippen LogP contribution >= 0.6 is 0 Å². The van der Waals surface area contributed by atoms with Crippen LogP contribution in [0.3, 0.4) is 0 Å². The van der Waals surface area contributed by atoms with E-state index in [9.17, 15) is 15.0 Å². The first kappa shape index (κ1) is 27.1. The molecule has 1 spiro atoms. The number of carboxylic acids is 1. The van der Waals surface area contributed by atoms with Gasteiger partial charge in [0.05, 0.1) is 18.6 Å². The summed E-state index contributed by atoms with van der Waals surface area (Å²) in [7, 11) is 0. The van der Waals surface area contributed by atoms with Crippen molar-refractivity contribution in [2.24, 2.45) is 0 Å². The van der Waals surface area contributed by atoms with E-state index in [1.54, 1.807) is 13.8 Å². The van der Waals surface area contributed by atoms with Gasteiger partial charge in [0, 0.05) is 24.0 Å². The number of aliphatic carboxylic acids is 1. The molecule has 3 aromatic rings. The van der Waals surface area contributed by atoms with Gasteiger partial charge in [0.2, 0.25) is 0 Å². The highest BCUT2D eigenvalue weighted by molar-refractivity contribution is 5.75. The van der Waals surface area contributed by atoms with Crippen LogP contribution in [0.15, 0.2) is 48.5 Å². The van der Waals surface area contributed by atoms with E-state index in [0.717, 1.165) is 52.2 Å². The molecule has 1 saturated carbocycles. The summed E-state index contributed by atoms with van der Waals surface area (Å²) in [5.74, 6) is 1.38. The Hall–Kier alpha value is -3.51. The van der Waals surface area contributed by atoms with Gasteiger partial charge in [-0.25, -0.2) is 0 Å². The zero-order valence-corrected chi connectivity index (χ0v) is 23.5. The van der Waals surface area contributed by atoms with Crippen molar-refractivity contribution in [3.63, 3.8) is 0 Å². The fraction of sp³-hybridized carbons (Fsp3) is 0.424. The molecular weight excluding hydrogens is 492 g/mol. The number of ether oxygens (including phenoxy) is 3. The van der Waals surface area contributed by atoms with Gasteiger partial charge in [-0.1, -0.05) is 24.3 Å².